The van der Waals surface area contributed by atoms with Crippen LogP contribution in [0.5, 0.6) is 11.5 Å². The van der Waals surface area contributed by atoms with Gasteiger partial charge in [0.2, 0.25) is 0 Å². The average Bonchev–Trinajstić information content (AvgIpc) is 2.83. The summed E-state index contributed by atoms with van der Waals surface area (Å²) in [7, 11) is 1.67. The lowest BCUT2D eigenvalue weighted by Crippen LogP contribution is -2.30. The topological polar surface area (TPSA) is 67.9 Å². The van der Waals surface area contributed by atoms with Gasteiger partial charge < -0.3 is 19.7 Å². The van der Waals surface area contributed by atoms with E-state index in [-0.39, 0.29) is 11.6 Å². The number of hydrogen-bond acceptors (Lipinski definition) is 4. The van der Waals surface area contributed by atoms with Crippen molar-refractivity contribution >= 4 is 17.5 Å². The highest BCUT2D eigenvalue weighted by atomic mass is 19.4. The van der Waals surface area contributed by atoms with Gasteiger partial charge in [-0.2, -0.15) is 13.2 Å². The van der Waals surface area contributed by atoms with Crippen LogP contribution in [-0.4, -0.2) is 43.5 Å². The van der Waals surface area contributed by atoms with Gasteiger partial charge in [0.1, 0.15) is 18.1 Å². The third-order valence-corrected chi connectivity index (χ3v) is 4.73. The van der Waals surface area contributed by atoms with Crippen LogP contribution in [0.15, 0.2) is 78.9 Å². The van der Waals surface area contributed by atoms with E-state index in [1.807, 2.05) is 30.3 Å². The number of halogens is 3. The maximum absolute atomic E-state index is 12.8. The first kappa shape index (κ1) is 24.6. The van der Waals surface area contributed by atoms with Crippen LogP contribution >= 0.6 is 0 Å². The van der Waals surface area contributed by atoms with Crippen LogP contribution in [0.4, 0.5) is 18.9 Å². The SMILES string of the molecule is CN(CCOc1ccccc1)C(=O)c1ccc(OCC(=O)Nc2cccc(C(F)(F)F)c2)cc1. The molecule has 0 bridgehead atoms. The number of nitrogens with zero attached hydrogens (tertiary/aromatic N) is 1. The minimum absolute atomic E-state index is 0.0173. The van der Waals surface area contributed by atoms with Gasteiger partial charge in [0, 0.05) is 18.3 Å². The molecule has 3 aromatic rings. The third-order valence-electron chi connectivity index (χ3n) is 4.73. The van der Waals surface area contributed by atoms with Gasteiger partial charge in [0.05, 0.1) is 12.1 Å². The first-order valence-electron chi connectivity index (χ1n) is 10.4. The summed E-state index contributed by atoms with van der Waals surface area (Å²) in [6.45, 7) is 0.330. The molecule has 0 saturated heterocycles. The Bertz CT molecular complexity index is 1100. The number of benzene rings is 3. The largest absolute Gasteiger partial charge is 0.492 e. The van der Waals surface area contributed by atoms with Gasteiger partial charge in [0.25, 0.3) is 11.8 Å². The van der Waals surface area contributed by atoms with Crippen LogP contribution in [-0.2, 0) is 11.0 Å². The summed E-state index contributed by atoms with van der Waals surface area (Å²) in [6.07, 6.45) is -4.50. The lowest BCUT2D eigenvalue weighted by atomic mass is 10.2. The molecule has 3 rings (SSSR count). The standard InChI is InChI=1S/C25H23F3N2O4/c1-30(14-15-33-21-8-3-2-4-9-21)24(32)18-10-12-22(13-11-18)34-17-23(31)29-20-7-5-6-19(16-20)25(26,27)28/h2-13,16H,14-15,17H2,1H3,(H,29,31). The molecule has 178 valence electrons. The van der Waals surface area contributed by atoms with Crippen LogP contribution in [0.1, 0.15) is 15.9 Å². The van der Waals surface area contributed by atoms with Gasteiger partial charge in [-0.3, -0.25) is 9.59 Å². The van der Waals surface area contributed by atoms with Crippen molar-refractivity contribution in [3.05, 3.63) is 90.0 Å². The minimum Gasteiger partial charge on any atom is -0.492 e. The van der Waals surface area contributed by atoms with Crippen molar-refractivity contribution in [1.82, 2.24) is 4.90 Å². The maximum Gasteiger partial charge on any atom is 0.416 e. The zero-order chi connectivity index (χ0) is 24.6. The number of ether oxygens (including phenoxy) is 2. The number of amides is 2. The van der Waals surface area contributed by atoms with E-state index >= 15 is 0 Å². The molecule has 0 saturated carbocycles. The quantitative estimate of drug-likeness (QED) is 0.482. The first-order valence-corrected chi connectivity index (χ1v) is 10.4. The van der Waals surface area contributed by atoms with E-state index in [2.05, 4.69) is 5.32 Å². The van der Waals surface area contributed by atoms with Crippen LogP contribution in [0.25, 0.3) is 0 Å². The lowest BCUT2D eigenvalue weighted by Gasteiger charge is -2.18. The maximum atomic E-state index is 12.8. The van der Waals surface area contributed by atoms with Crippen molar-refractivity contribution in [2.24, 2.45) is 0 Å². The zero-order valence-electron chi connectivity index (χ0n) is 18.3. The minimum atomic E-state index is -4.50. The predicted molar refractivity (Wildman–Crippen MR) is 121 cm³/mol. The molecule has 2 amide bonds. The molecule has 1 N–H and O–H groups in total. The van der Waals surface area contributed by atoms with E-state index < -0.39 is 24.3 Å². The molecular weight excluding hydrogens is 449 g/mol. The number of carbonyl (C=O) groups is 2. The molecule has 3 aromatic carbocycles. The lowest BCUT2D eigenvalue weighted by molar-refractivity contribution is -0.137. The highest BCUT2D eigenvalue weighted by Gasteiger charge is 2.30. The van der Waals surface area contributed by atoms with Crippen molar-refractivity contribution in [3.63, 3.8) is 0 Å². The van der Waals surface area contributed by atoms with E-state index in [9.17, 15) is 22.8 Å². The Morgan fingerprint density at radius 3 is 2.24 bits per heavy atom. The second-order valence-electron chi connectivity index (χ2n) is 7.33. The van der Waals surface area contributed by atoms with Gasteiger partial charge in [-0.25, -0.2) is 0 Å². The Morgan fingerprint density at radius 1 is 0.882 bits per heavy atom. The summed E-state index contributed by atoms with van der Waals surface area (Å²) in [5.74, 6) is 0.246. The fraction of sp³-hybridized carbons (Fsp3) is 0.200. The molecule has 0 fully saturated rings. The van der Waals surface area contributed by atoms with Crippen molar-refractivity contribution in [3.8, 4) is 11.5 Å². The molecule has 9 heteroatoms. The summed E-state index contributed by atoms with van der Waals surface area (Å²) in [4.78, 5) is 26.1. The fourth-order valence-corrected chi connectivity index (χ4v) is 2.95. The predicted octanol–water partition coefficient (Wildman–Crippen LogP) is 4.87. The molecular formula is C25H23F3N2O4. The Labute approximate surface area is 194 Å². The van der Waals surface area contributed by atoms with E-state index in [0.29, 0.717) is 24.5 Å². The first-order chi connectivity index (χ1) is 16.2. The summed E-state index contributed by atoms with van der Waals surface area (Å²) in [5, 5.41) is 2.36. The molecule has 0 aromatic heterocycles. The number of likely N-dealkylation sites (N-methyl/N-ethyl adjacent to an activating group) is 1. The van der Waals surface area contributed by atoms with Gasteiger partial charge in [0.15, 0.2) is 6.61 Å². The van der Waals surface area contributed by atoms with Crippen molar-refractivity contribution in [2.45, 2.75) is 6.18 Å². The van der Waals surface area contributed by atoms with Crippen LogP contribution < -0.4 is 14.8 Å². The molecule has 0 radical (unpaired) electrons. The smallest absolute Gasteiger partial charge is 0.416 e. The van der Waals surface area contributed by atoms with Crippen molar-refractivity contribution < 1.29 is 32.2 Å². The number of carbonyl (C=O) groups excluding carboxylic acids is 2. The molecule has 0 aliphatic carbocycles. The second-order valence-corrected chi connectivity index (χ2v) is 7.33. The normalized spacial score (nSPS) is 10.9. The van der Waals surface area contributed by atoms with Gasteiger partial charge in [-0.15, -0.1) is 0 Å². The number of anilines is 1. The Hall–Kier alpha value is -4.01. The zero-order valence-corrected chi connectivity index (χ0v) is 18.3. The Kier molecular flexibility index (Phi) is 8.13. The number of rotatable bonds is 9. The Morgan fingerprint density at radius 2 is 1.56 bits per heavy atom. The van der Waals surface area contributed by atoms with E-state index in [1.54, 1.807) is 31.3 Å². The van der Waals surface area contributed by atoms with Crippen LogP contribution in [0.3, 0.4) is 0 Å². The number of nitrogens with one attached hydrogen (secondary N) is 1. The number of alkyl halides is 3. The molecule has 0 aliphatic rings. The molecule has 0 atom stereocenters. The van der Waals surface area contributed by atoms with Crippen molar-refractivity contribution in [1.29, 1.82) is 0 Å². The molecule has 0 unspecified atom stereocenters. The molecule has 0 spiro atoms. The molecule has 0 aliphatic heterocycles. The van der Waals surface area contributed by atoms with Gasteiger partial charge in [-0.05, 0) is 54.6 Å². The van der Waals surface area contributed by atoms with Gasteiger partial charge in [-0.1, -0.05) is 24.3 Å². The number of para-hydroxylation sites is 1. The summed E-state index contributed by atoms with van der Waals surface area (Å²) in [5.41, 5.74) is -0.408. The van der Waals surface area contributed by atoms with E-state index in [1.165, 1.54) is 17.0 Å². The highest BCUT2D eigenvalue weighted by molar-refractivity contribution is 5.94. The van der Waals surface area contributed by atoms with E-state index in [4.69, 9.17) is 9.47 Å². The highest BCUT2D eigenvalue weighted by Crippen LogP contribution is 2.30. The van der Waals surface area contributed by atoms with Gasteiger partial charge >= 0.3 is 6.18 Å². The molecule has 0 heterocycles. The summed E-state index contributed by atoms with van der Waals surface area (Å²) in [6, 6.07) is 19.8. The fourth-order valence-electron chi connectivity index (χ4n) is 2.95. The van der Waals surface area contributed by atoms with Crippen LogP contribution in [0.2, 0.25) is 0 Å². The Balaban J connectivity index is 1.45. The number of hydrogen-bond donors (Lipinski definition) is 1. The van der Waals surface area contributed by atoms with Crippen LogP contribution in [0, 0.1) is 0 Å². The molecule has 34 heavy (non-hydrogen) atoms. The second kappa shape index (κ2) is 11.2. The van der Waals surface area contributed by atoms with Crippen molar-refractivity contribution in [2.75, 3.05) is 32.1 Å². The monoisotopic (exact) mass is 472 g/mol. The average molecular weight is 472 g/mol. The van der Waals surface area contributed by atoms with E-state index in [0.717, 1.165) is 17.9 Å². The molecule has 6 nitrogen and oxygen atoms in total. The third kappa shape index (κ3) is 7.26. The summed E-state index contributed by atoms with van der Waals surface area (Å²) >= 11 is 0. The summed E-state index contributed by atoms with van der Waals surface area (Å²) < 4.78 is 49.3.